The predicted molar refractivity (Wildman–Crippen MR) is 55.2 cm³/mol. The van der Waals surface area contributed by atoms with E-state index in [0.29, 0.717) is 6.42 Å². The van der Waals surface area contributed by atoms with Gasteiger partial charge in [-0.25, -0.2) is 0 Å². The molecule has 0 heterocycles. The van der Waals surface area contributed by atoms with Crippen LogP contribution in [0.1, 0.15) is 24.9 Å². The summed E-state index contributed by atoms with van der Waals surface area (Å²) < 4.78 is 53.6. The summed E-state index contributed by atoms with van der Waals surface area (Å²) in [6, 6.07) is 5.15. The van der Waals surface area contributed by atoms with E-state index in [1.165, 1.54) is 18.2 Å². The van der Waals surface area contributed by atoms with Crippen LogP contribution in [0.5, 0.6) is 5.75 Å². The average molecular weight is 251 g/mol. The van der Waals surface area contributed by atoms with E-state index in [2.05, 4.69) is 4.74 Å². The number of alkyl halides is 4. The summed E-state index contributed by atoms with van der Waals surface area (Å²) in [7, 11) is 0. The second-order valence-electron chi connectivity index (χ2n) is 3.52. The Kier molecular flexibility index (Phi) is 4.34. The highest BCUT2D eigenvalue weighted by Crippen LogP contribution is 2.32. The van der Waals surface area contributed by atoms with Crippen LogP contribution in [0.3, 0.4) is 0 Å². The van der Waals surface area contributed by atoms with Crippen LogP contribution in [-0.2, 0) is 0 Å². The third-order valence-electron chi connectivity index (χ3n) is 2.26. The van der Waals surface area contributed by atoms with Gasteiger partial charge in [0.15, 0.2) is 0 Å². The van der Waals surface area contributed by atoms with Crippen molar-refractivity contribution in [2.75, 3.05) is 0 Å². The Morgan fingerprint density at radius 3 is 2.41 bits per heavy atom. The Morgan fingerprint density at radius 1 is 1.29 bits per heavy atom. The van der Waals surface area contributed by atoms with E-state index in [4.69, 9.17) is 5.73 Å². The standard InChI is InChI=1S/C11H13F4NO/c1-2-8(16)7-5-3-4-6-9(7)17-11(14,15)10(12)13/h3-6,8,10H,2,16H2,1H3/t8-/m0/s1. The summed E-state index contributed by atoms with van der Waals surface area (Å²) in [4.78, 5) is 0. The van der Waals surface area contributed by atoms with Crippen molar-refractivity contribution in [1.82, 2.24) is 0 Å². The van der Waals surface area contributed by atoms with E-state index in [1.54, 1.807) is 13.0 Å². The Bertz CT molecular complexity index is 370. The van der Waals surface area contributed by atoms with Crippen LogP contribution in [0.15, 0.2) is 24.3 Å². The lowest BCUT2D eigenvalue weighted by molar-refractivity contribution is -0.253. The molecule has 0 aliphatic rings. The molecule has 0 aromatic heterocycles. The van der Waals surface area contributed by atoms with Crippen molar-refractivity contribution >= 4 is 0 Å². The van der Waals surface area contributed by atoms with Gasteiger partial charge >= 0.3 is 12.5 Å². The maximum atomic E-state index is 12.8. The first-order chi connectivity index (χ1) is 7.88. The molecule has 1 rings (SSSR count). The molecule has 0 aliphatic carbocycles. The molecule has 0 spiro atoms. The van der Waals surface area contributed by atoms with Gasteiger partial charge in [0.2, 0.25) is 0 Å². The van der Waals surface area contributed by atoms with Gasteiger partial charge in [-0.05, 0) is 12.5 Å². The number of halogens is 4. The Hall–Kier alpha value is -1.30. The normalized spacial score (nSPS) is 13.8. The van der Waals surface area contributed by atoms with Gasteiger partial charge in [0.05, 0.1) is 0 Å². The van der Waals surface area contributed by atoms with Crippen molar-refractivity contribution in [1.29, 1.82) is 0 Å². The second kappa shape index (κ2) is 5.35. The molecule has 0 fully saturated rings. The molecule has 0 amide bonds. The molecule has 1 aromatic rings. The molecular formula is C11H13F4NO. The fourth-order valence-electron chi connectivity index (χ4n) is 1.29. The zero-order valence-electron chi connectivity index (χ0n) is 9.17. The van der Waals surface area contributed by atoms with Crippen molar-refractivity contribution in [3.8, 4) is 5.75 Å². The lowest BCUT2D eigenvalue weighted by Crippen LogP contribution is -2.34. The minimum atomic E-state index is -4.51. The number of ether oxygens (including phenoxy) is 1. The molecule has 6 heteroatoms. The number of nitrogens with two attached hydrogens (primary N) is 1. The molecule has 1 atom stereocenters. The molecule has 2 nitrogen and oxygen atoms in total. The summed E-state index contributed by atoms with van der Waals surface area (Å²) in [5, 5.41) is 0. The van der Waals surface area contributed by atoms with Crippen molar-refractivity contribution < 1.29 is 22.3 Å². The van der Waals surface area contributed by atoms with E-state index < -0.39 is 18.6 Å². The second-order valence-corrected chi connectivity index (χ2v) is 3.52. The average Bonchev–Trinajstić information content (AvgIpc) is 2.28. The van der Waals surface area contributed by atoms with Crippen LogP contribution in [0, 0.1) is 0 Å². The fourth-order valence-corrected chi connectivity index (χ4v) is 1.29. The van der Waals surface area contributed by atoms with Crippen molar-refractivity contribution in [3.63, 3.8) is 0 Å². The summed E-state index contributed by atoms with van der Waals surface area (Å²) in [6.45, 7) is 1.76. The first-order valence-electron chi connectivity index (χ1n) is 5.08. The van der Waals surface area contributed by atoms with Crippen molar-refractivity contribution in [3.05, 3.63) is 29.8 Å². The zero-order chi connectivity index (χ0) is 13.1. The van der Waals surface area contributed by atoms with Crippen molar-refractivity contribution in [2.24, 2.45) is 5.73 Å². The third kappa shape index (κ3) is 3.33. The van der Waals surface area contributed by atoms with Gasteiger partial charge in [-0.15, -0.1) is 0 Å². The molecule has 0 saturated carbocycles. The molecule has 0 unspecified atom stereocenters. The molecule has 0 saturated heterocycles. The first-order valence-corrected chi connectivity index (χ1v) is 5.08. The first kappa shape index (κ1) is 13.8. The highest BCUT2D eigenvalue weighted by molar-refractivity contribution is 5.35. The Morgan fingerprint density at radius 2 is 1.88 bits per heavy atom. The highest BCUT2D eigenvalue weighted by Gasteiger charge is 2.44. The van der Waals surface area contributed by atoms with E-state index in [0.717, 1.165) is 0 Å². The summed E-state index contributed by atoms with van der Waals surface area (Å²) in [6.07, 6.45) is -7.90. The zero-order valence-corrected chi connectivity index (χ0v) is 9.17. The monoisotopic (exact) mass is 251 g/mol. The van der Waals surface area contributed by atoms with Gasteiger partial charge in [0, 0.05) is 11.6 Å². The van der Waals surface area contributed by atoms with Gasteiger partial charge < -0.3 is 10.5 Å². The smallest absolute Gasteiger partial charge is 0.428 e. The molecule has 96 valence electrons. The number of hydrogen-bond acceptors (Lipinski definition) is 2. The van der Waals surface area contributed by atoms with E-state index in [9.17, 15) is 17.6 Å². The van der Waals surface area contributed by atoms with Gasteiger partial charge in [-0.1, -0.05) is 25.1 Å². The molecule has 0 aliphatic heterocycles. The van der Waals surface area contributed by atoms with Gasteiger partial charge in [0.1, 0.15) is 5.75 Å². The van der Waals surface area contributed by atoms with Crippen LogP contribution < -0.4 is 10.5 Å². The molecule has 0 radical (unpaired) electrons. The summed E-state index contributed by atoms with van der Waals surface area (Å²) >= 11 is 0. The fraction of sp³-hybridized carbons (Fsp3) is 0.455. The molecule has 1 aromatic carbocycles. The molecule has 0 bridgehead atoms. The SMILES string of the molecule is CC[C@H](N)c1ccccc1OC(F)(F)C(F)F. The molecule has 2 N–H and O–H groups in total. The van der Waals surface area contributed by atoms with E-state index >= 15 is 0 Å². The number of rotatable bonds is 5. The molecular weight excluding hydrogens is 238 g/mol. The van der Waals surface area contributed by atoms with Gasteiger partial charge in [0.25, 0.3) is 0 Å². The van der Waals surface area contributed by atoms with Gasteiger partial charge in [-0.2, -0.15) is 17.6 Å². The highest BCUT2D eigenvalue weighted by atomic mass is 19.3. The maximum Gasteiger partial charge on any atom is 0.461 e. The van der Waals surface area contributed by atoms with Crippen LogP contribution in [-0.4, -0.2) is 12.5 Å². The number of hydrogen-bond donors (Lipinski definition) is 1. The molecule has 17 heavy (non-hydrogen) atoms. The Labute approximate surface area is 96.4 Å². The topological polar surface area (TPSA) is 35.2 Å². The maximum absolute atomic E-state index is 12.8. The van der Waals surface area contributed by atoms with E-state index in [-0.39, 0.29) is 11.3 Å². The quantitative estimate of drug-likeness (QED) is 0.814. The van der Waals surface area contributed by atoms with Gasteiger partial charge in [-0.3, -0.25) is 0 Å². The lowest BCUT2D eigenvalue weighted by atomic mass is 10.0. The minimum Gasteiger partial charge on any atom is -0.428 e. The predicted octanol–water partition coefficient (Wildman–Crippen LogP) is 3.33. The van der Waals surface area contributed by atoms with Crippen molar-refractivity contribution in [2.45, 2.75) is 31.9 Å². The number of para-hydroxylation sites is 1. The van der Waals surface area contributed by atoms with Crippen LogP contribution >= 0.6 is 0 Å². The number of benzene rings is 1. The van der Waals surface area contributed by atoms with E-state index in [1.807, 2.05) is 0 Å². The summed E-state index contributed by atoms with van der Waals surface area (Å²) in [5.74, 6) is -0.313. The third-order valence-corrected chi connectivity index (χ3v) is 2.26. The Balaban J connectivity index is 2.98. The summed E-state index contributed by atoms with van der Waals surface area (Å²) in [5.41, 5.74) is 5.96. The van der Waals surface area contributed by atoms with Crippen LogP contribution in [0.4, 0.5) is 17.6 Å². The van der Waals surface area contributed by atoms with Crippen LogP contribution in [0.2, 0.25) is 0 Å². The minimum absolute atomic E-state index is 0.287. The van der Waals surface area contributed by atoms with Crippen LogP contribution in [0.25, 0.3) is 0 Å². The largest absolute Gasteiger partial charge is 0.461 e. The lowest BCUT2D eigenvalue weighted by Gasteiger charge is -2.20.